The molecule has 0 bridgehead atoms. The summed E-state index contributed by atoms with van der Waals surface area (Å²) in [6, 6.07) is 13.6. The van der Waals surface area contributed by atoms with Crippen LogP contribution in [0.4, 0.5) is 34.5 Å². The van der Waals surface area contributed by atoms with Gasteiger partial charge in [-0.1, -0.05) is 17.7 Å². The first kappa shape index (κ1) is 50.3. The van der Waals surface area contributed by atoms with Crippen molar-refractivity contribution in [3.05, 3.63) is 89.0 Å². The van der Waals surface area contributed by atoms with Crippen LogP contribution in [-0.2, 0) is 28.2 Å². The van der Waals surface area contributed by atoms with Crippen molar-refractivity contribution < 1.29 is 18.9 Å². The number of fused-ring (bicyclic) bond motifs is 2. The molecule has 4 fully saturated rings. The molecule has 4 aliphatic heterocycles. The third-order valence-electron chi connectivity index (χ3n) is 15.5. The highest BCUT2D eigenvalue weighted by atomic mass is 35.5. The maximum absolute atomic E-state index is 13.6. The van der Waals surface area contributed by atoms with Gasteiger partial charge in [0.2, 0.25) is 17.8 Å². The average molecular weight is 1060 g/mol. The molecule has 1 atom stereocenters. The number of carbonyl (C=O) groups is 2. The molecule has 22 heteroatoms. The van der Waals surface area contributed by atoms with Gasteiger partial charge in [0.1, 0.15) is 29.5 Å². The Balaban J connectivity index is 0.718. The van der Waals surface area contributed by atoms with Gasteiger partial charge in [-0.2, -0.15) is 10.1 Å². The van der Waals surface area contributed by atoms with Gasteiger partial charge < -0.3 is 34.6 Å². The van der Waals surface area contributed by atoms with E-state index in [1.807, 2.05) is 48.4 Å². The maximum Gasteiger partial charge on any atom is 0.329 e. The zero-order valence-electron chi connectivity index (χ0n) is 43.0. The van der Waals surface area contributed by atoms with Gasteiger partial charge in [-0.3, -0.25) is 43.6 Å². The zero-order chi connectivity index (χ0) is 52.1. The Morgan fingerprint density at radius 2 is 1.57 bits per heavy atom. The number of halogens is 1. The van der Waals surface area contributed by atoms with Gasteiger partial charge >= 0.3 is 5.69 Å². The molecule has 11 rings (SSSR count). The molecule has 8 heterocycles. The summed E-state index contributed by atoms with van der Waals surface area (Å²) in [6.45, 7) is 12.3. The average Bonchev–Trinajstić information content (AvgIpc) is 3.97. The number of hydrogen-bond donors (Lipinski definition) is 3. The highest BCUT2D eigenvalue weighted by molar-refractivity contribution is 7.71. The second-order valence-electron chi connectivity index (χ2n) is 20.7. The number of imidazole rings is 1. The quantitative estimate of drug-likeness (QED) is 0.0850. The van der Waals surface area contributed by atoms with Crippen LogP contribution in [0.25, 0.3) is 33.2 Å². The summed E-state index contributed by atoms with van der Waals surface area (Å²) in [4.78, 5) is 66.7. The third kappa shape index (κ3) is 10.1. The van der Waals surface area contributed by atoms with Crippen LogP contribution in [0.3, 0.4) is 0 Å². The number of imide groups is 1. The molecule has 3 N–H and O–H groups in total. The number of benzene rings is 3. The normalized spacial score (nSPS) is 18.8. The van der Waals surface area contributed by atoms with E-state index in [0.717, 1.165) is 118 Å². The molecular formula is C53H63ClN15O5P. The lowest BCUT2D eigenvalue weighted by Crippen LogP contribution is -2.54. The minimum Gasteiger partial charge on any atom is -0.494 e. The number of aromatic nitrogens is 8. The fourth-order valence-electron chi connectivity index (χ4n) is 11.7. The van der Waals surface area contributed by atoms with E-state index in [0.29, 0.717) is 57.7 Å². The van der Waals surface area contributed by atoms with Crippen molar-refractivity contribution in [1.82, 2.24) is 54.0 Å². The lowest BCUT2D eigenvalue weighted by atomic mass is 9.95. The Morgan fingerprint density at radius 3 is 2.29 bits per heavy atom. The van der Waals surface area contributed by atoms with Crippen molar-refractivity contribution in [2.45, 2.75) is 50.6 Å². The predicted octanol–water partition coefficient (Wildman–Crippen LogP) is 6.35. The highest BCUT2D eigenvalue weighted by Crippen LogP contribution is 2.44. The zero-order valence-corrected chi connectivity index (χ0v) is 44.7. The van der Waals surface area contributed by atoms with Crippen molar-refractivity contribution >= 4 is 92.4 Å². The Kier molecular flexibility index (Phi) is 13.9. The number of rotatable bonds is 13. The second-order valence-corrected chi connectivity index (χ2v) is 24.2. The van der Waals surface area contributed by atoms with Crippen LogP contribution in [0.1, 0.15) is 44.6 Å². The summed E-state index contributed by atoms with van der Waals surface area (Å²) in [6.07, 6.45) is 13.4. The molecular weight excluding hydrogens is 993 g/mol. The van der Waals surface area contributed by atoms with E-state index in [1.165, 1.54) is 6.20 Å². The van der Waals surface area contributed by atoms with E-state index >= 15 is 0 Å². The molecule has 0 saturated carbocycles. The number of piperidine rings is 3. The van der Waals surface area contributed by atoms with Crippen molar-refractivity contribution in [1.29, 1.82) is 0 Å². The minimum atomic E-state index is -2.84. The van der Waals surface area contributed by atoms with E-state index in [1.54, 1.807) is 49.0 Å². The molecule has 1 unspecified atom stereocenters. The molecule has 0 aliphatic carbocycles. The molecule has 4 saturated heterocycles. The number of methoxy groups -OCH3 is 1. The summed E-state index contributed by atoms with van der Waals surface area (Å²) in [7, 11) is 2.52. The van der Waals surface area contributed by atoms with E-state index in [2.05, 4.69) is 73.8 Å². The molecule has 4 aliphatic rings. The molecule has 7 aromatic rings. The fourth-order valence-corrected chi connectivity index (χ4v) is 13.3. The third-order valence-corrected chi connectivity index (χ3v) is 17.3. The predicted molar refractivity (Wildman–Crippen MR) is 294 cm³/mol. The highest BCUT2D eigenvalue weighted by Gasteiger charge is 2.34. The molecule has 0 spiro atoms. The Morgan fingerprint density at radius 1 is 0.827 bits per heavy atom. The Bertz CT molecular complexity index is 3420. The molecule has 2 amide bonds. The first-order valence-electron chi connectivity index (χ1n) is 25.8. The number of nitrogens with zero attached hydrogens (tertiary/aromatic N) is 12. The standard InChI is InChI=1S/C53H63ClN15O5P/c1-63-32-34(29-58-63)36-27-40(60-52-57-30-37(54)50(62-52)59-39-10-9-38-47(56-18-17-55-38)49(39)75(4,5)73)45(74-3)28-44(36)68-21-15-35(16-22-68)66-25-23-65(24-26-66)31-33-13-19-67(20-14-33)41-7-6-8-42-48(41)64(2)53(72)69(42)43-11-12-46(70)61-51(43)71/h6-10,17-18,27-30,32-33,35,43H,11-16,19-26,31H2,1-5H3,(H,61,70,71)(H2,57,59,60,62). The molecule has 3 aromatic carbocycles. The molecule has 392 valence electrons. The number of ether oxygens (including phenoxy) is 1. The van der Waals surface area contributed by atoms with Gasteiger partial charge in [-0.25, -0.2) is 9.78 Å². The monoisotopic (exact) mass is 1060 g/mol. The first-order chi connectivity index (χ1) is 36.2. The van der Waals surface area contributed by atoms with E-state index < -0.39 is 19.1 Å². The maximum atomic E-state index is 13.6. The van der Waals surface area contributed by atoms with Crippen LogP contribution in [0.2, 0.25) is 5.02 Å². The summed E-state index contributed by atoms with van der Waals surface area (Å²) in [5.41, 5.74) is 7.84. The van der Waals surface area contributed by atoms with Crippen LogP contribution < -0.4 is 41.5 Å². The summed E-state index contributed by atoms with van der Waals surface area (Å²) >= 11 is 6.69. The van der Waals surface area contributed by atoms with Crippen LogP contribution in [-0.4, -0.2) is 146 Å². The van der Waals surface area contributed by atoms with Crippen LogP contribution in [0.5, 0.6) is 5.75 Å². The van der Waals surface area contributed by atoms with Crippen molar-refractivity contribution in [3.63, 3.8) is 0 Å². The van der Waals surface area contributed by atoms with Crippen molar-refractivity contribution in [2.24, 2.45) is 20.0 Å². The molecule has 20 nitrogen and oxygen atoms in total. The van der Waals surface area contributed by atoms with E-state index in [-0.39, 0.29) is 29.0 Å². The Labute approximate surface area is 439 Å². The van der Waals surface area contributed by atoms with Crippen LogP contribution >= 0.6 is 18.7 Å². The minimum absolute atomic E-state index is 0.216. The van der Waals surface area contributed by atoms with Crippen LogP contribution in [0, 0.1) is 5.92 Å². The van der Waals surface area contributed by atoms with Crippen molar-refractivity contribution in [2.75, 3.05) is 99.8 Å². The molecule has 75 heavy (non-hydrogen) atoms. The number of piperazine rings is 1. The summed E-state index contributed by atoms with van der Waals surface area (Å²) in [5, 5.41) is 14.5. The topological polar surface area (TPSA) is 206 Å². The number of amides is 2. The number of aryl methyl sites for hydroxylation is 2. The van der Waals surface area contributed by atoms with Crippen LogP contribution in [0.15, 0.2) is 78.2 Å². The second kappa shape index (κ2) is 20.7. The number of nitrogens with one attached hydrogen (secondary N) is 3. The Hall–Kier alpha value is -6.86. The van der Waals surface area contributed by atoms with Gasteiger partial charge in [0.15, 0.2) is 5.82 Å². The van der Waals surface area contributed by atoms with Gasteiger partial charge in [0, 0.05) is 127 Å². The van der Waals surface area contributed by atoms with Crippen molar-refractivity contribution in [3.8, 4) is 16.9 Å². The largest absolute Gasteiger partial charge is 0.494 e. The summed E-state index contributed by atoms with van der Waals surface area (Å²) in [5.74, 6) is 1.14. The molecule has 4 aromatic heterocycles. The SMILES string of the molecule is COc1cc(N2CCC(N3CCN(CC4CCN(c5cccc6c5n(C)c(=O)n6C5CCC(=O)NC5=O)CC4)CC3)CC2)c(-c2cnn(C)c2)cc1Nc1ncc(Cl)c(Nc2ccc3nccnc3c2P(C)(C)=O)n1. The first-order valence-corrected chi connectivity index (χ1v) is 28.8. The van der Waals surface area contributed by atoms with Gasteiger partial charge in [0.05, 0.1) is 58.4 Å². The number of hydrogen-bond acceptors (Lipinski definition) is 16. The number of para-hydroxylation sites is 1. The van der Waals surface area contributed by atoms with E-state index in [4.69, 9.17) is 21.3 Å². The number of anilines is 6. The van der Waals surface area contributed by atoms with Gasteiger partial charge in [0.25, 0.3) is 0 Å². The summed E-state index contributed by atoms with van der Waals surface area (Å²) < 4.78 is 24.7. The lowest BCUT2D eigenvalue weighted by Gasteiger charge is -2.44. The lowest BCUT2D eigenvalue weighted by molar-refractivity contribution is -0.135. The van der Waals surface area contributed by atoms with Gasteiger partial charge in [-0.05, 0) is 81.7 Å². The number of carbonyl (C=O) groups excluding carboxylic acids is 2. The van der Waals surface area contributed by atoms with Gasteiger partial charge in [-0.15, -0.1) is 0 Å². The smallest absolute Gasteiger partial charge is 0.329 e. The fraction of sp³-hybridized carbons (Fsp3) is 0.434. The van der Waals surface area contributed by atoms with E-state index in [9.17, 15) is 18.9 Å². The molecule has 0 radical (unpaired) electrons.